The summed E-state index contributed by atoms with van der Waals surface area (Å²) in [6, 6.07) is 4.52. The molecule has 2 unspecified atom stereocenters. The fraction of sp³-hybridized carbons (Fsp3) is 0.714. The Morgan fingerprint density at radius 1 is 1.44 bits per heavy atom. The van der Waals surface area contributed by atoms with Crippen molar-refractivity contribution in [3.8, 4) is 0 Å². The normalized spacial score (nSPS) is 15.9. The Kier molecular flexibility index (Phi) is 5.79. The van der Waals surface area contributed by atoms with Gasteiger partial charge in [-0.1, -0.05) is 6.07 Å². The standard InChI is InChI=1S/C14H25NO2S/c1-11(13-7-6-8-18-13)15(5)9-12(16)10-17-14(2,3)4/h6-8,11-12,16H,9-10H2,1-5H3. The number of hydrogen-bond donors (Lipinski definition) is 1. The van der Waals surface area contributed by atoms with Crippen LogP contribution in [-0.4, -0.2) is 41.9 Å². The van der Waals surface area contributed by atoms with Crippen molar-refractivity contribution in [2.24, 2.45) is 0 Å². The molecule has 0 aliphatic rings. The highest BCUT2D eigenvalue weighted by Crippen LogP contribution is 2.23. The van der Waals surface area contributed by atoms with Gasteiger partial charge >= 0.3 is 0 Å². The van der Waals surface area contributed by atoms with E-state index in [0.717, 1.165) is 0 Å². The quantitative estimate of drug-likeness (QED) is 0.863. The average molecular weight is 271 g/mol. The smallest absolute Gasteiger partial charge is 0.0900 e. The molecule has 1 heterocycles. The van der Waals surface area contributed by atoms with E-state index >= 15 is 0 Å². The molecule has 0 aliphatic heterocycles. The maximum absolute atomic E-state index is 9.97. The molecule has 0 bridgehead atoms. The van der Waals surface area contributed by atoms with Gasteiger partial charge in [-0.2, -0.15) is 0 Å². The average Bonchev–Trinajstić information content (AvgIpc) is 2.77. The third-order valence-corrected chi connectivity index (χ3v) is 3.87. The van der Waals surface area contributed by atoms with E-state index in [4.69, 9.17) is 4.74 Å². The maximum Gasteiger partial charge on any atom is 0.0900 e. The van der Waals surface area contributed by atoms with E-state index in [2.05, 4.69) is 29.3 Å². The van der Waals surface area contributed by atoms with E-state index in [-0.39, 0.29) is 5.60 Å². The number of aliphatic hydroxyl groups is 1. The second-order valence-corrected chi connectivity index (χ2v) is 6.69. The third kappa shape index (κ3) is 5.48. The minimum Gasteiger partial charge on any atom is -0.389 e. The zero-order valence-corrected chi connectivity index (χ0v) is 12.8. The van der Waals surface area contributed by atoms with E-state index < -0.39 is 6.10 Å². The molecule has 0 amide bonds. The van der Waals surface area contributed by atoms with Gasteiger partial charge in [-0.3, -0.25) is 4.90 Å². The lowest BCUT2D eigenvalue weighted by molar-refractivity contribution is -0.0565. The number of nitrogens with zero attached hydrogens (tertiary/aromatic N) is 1. The van der Waals surface area contributed by atoms with Gasteiger partial charge in [0.15, 0.2) is 0 Å². The highest BCUT2D eigenvalue weighted by Gasteiger charge is 2.18. The van der Waals surface area contributed by atoms with Crippen molar-refractivity contribution in [3.63, 3.8) is 0 Å². The first-order chi connectivity index (χ1) is 8.29. The predicted molar refractivity (Wildman–Crippen MR) is 77.1 cm³/mol. The van der Waals surface area contributed by atoms with Crippen LogP contribution < -0.4 is 0 Å². The lowest BCUT2D eigenvalue weighted by Gasteiger charge is -2.28. The van der Waals surface area contributed by atoms with Gasteiger partial charge in [-0.25, -0.2) is 0 Å². The van der Waals surface area contributed by atoms with Crippen molar-refractivity contribution in [3.05, 3.63) is 22.4 Å². The number of thiophene rings is 1. The molecule has 4 heteroatoms. The van der Waals surface area contributed by atoms with Crippen molar-refractivity contribution in [1.82, 2.24) is 4.90 Å². The maximum atomic E-state index is 9.97. The van der Waals surface area contributed by atoms with Crippen LogP contribution in [-0.2, 0) is 4.74 Å². The molecule has 1 aromatic rings. The van der Waals surface area contributed by atoms with Crippen LogP contribution in [0.3, 0.4) is 0 Å². The first-order valence-electron chi connectivity index (χ1n) is 6.35. The molecule has 1 N–H and O–H groups in total. The second kappa shape index (κ2) is 6.66. The van der Waals surface area contributed by atoms with Gasteiger partial charge in [0.05, 0.1) is 18.3 Å². The van der Waals surface area contributed by atoms with E-state index in [1.807, 2.05) is 27.8 Å². The molecule has 2 atom stereocenters. The van der Waals surface area contributed by atoms with Crippen LogP contribution in [0.1, 0.15) is 38.6 Å². The molecule has 0 aliphatic carbocycles. The fourth-order valence-corrected chi connectivity index (χ4v) is 2.48. The van der Waals surface area contributed by atoms with Gasteiger partial charge < -0.3 is 9.84 Å². The summed E-state index contributed by atoms with van der Waals surface area (Å²) >= 11 is 1.75. The number of aliphatic hydroxyl groups excluding tert-OH is 1. The number of rotatable bonds is 6. The first-order valence-corrected chi connectivity index (χ1v) is 7.23. The lowest BCUT2D eigenvalue weighted by atomic mass is 10.2. The molecular formula is C14H25NO2S. The summed E-state index contributed by atoms with van der Waals surface area (Å²) in [6.07, 6.45) is -0.448. The largest absolute Gasteiger partial charge is 0.389 e. The SMILES string of the molecule is CC(c1cccs1)N(C)CC(O)COC(C)(C)C. The van der Waals surface area contributed by atoms with Gasteiger partial charge in [-0.15, -0.1) is 11.3 Å². The first kappa shape index (κ1) is 15.6. The number of hydrogen-bond acceptors (Lipinski definition) is 4. The fourth-order valence-electron chi connectivity index (χ4n) is 1.64. The summed E-state index contributed by atoms with van der Waals surface area (Å²) in [7, 11) is 2.03. The molecule has 0 spiro atoms. The Balaban J connectivity index is 2.37. The minimum absolute atomic E-state index is 0.196. The molecular weight excluding hydrogens is 246 g/mol. The lowest BCUT2D eigenvalue weighted by Crippen LogP contribution is -2.36. The summed E-state index contributed by atoms with van der Waals surface area (Å²) in [5.41, 5.74) is -0.196. The molecule has 3 nitrogen and oxygen atoms in total. The Morgan fingerprint density at radius 3 is 2.61 bits per heavy atom. The van der Waals surface area contributed by atoms with Gasteiger partial charge in [0.2, 0.25) is 0 Å². The van der Waals surface area contributed by atoms with Crippen molar-refractivity contribution < 1.29 is 9.84 Å². The molecule has 0 radical (unpaired) electrons. The molecule has 104 valence electrons. The zero-order chi connectivity index (χ0) is 13.8. The summed E-state index contributed by atoms with van der Waals surface area (Å²) < 4.78 is 5.59. The van der Waals surface area contributed by atoms with Crippen LogP contribution in [0.25, 0.3) is 0 Å². The molecule has 1 rings (SSSR count). The molecule has 0 aromatic carbocycles. The Labute approximate surface area is 114 Å². The molecule has 0 saturated heterocycles. The van der Waals surface area contributed by atoms with Crippen LogP contribution in [0.5, 0.6) is 0 Å². The third-order valence-electron chi connectivity index (χ3n) is 2.82. The topological polar surface area (TPSA) is 32.7 Å². The van der Waals surface area contributed by atoms with Gasteiger partial charge in [-0.05, 0) is 46.2 Å². The molecule has 1 aromatic heterocycles. The zero-order valence-electron chi connectivity index (χ0n) is 12.0. The van der Waals surface area contributed by atoms with Crippen molar-refractivity contribution in [2.45, 2.75) is 45.4 Å². The van der Waals surface area contributed by atoms with E-state index in [1.54, 1.807) is 11.3 Å². The monoisotopic (exact) mass is 271 g/mol. The van der Waals surface area contributed by atoms with Crippen LogP contribution in [0, 0.1) is 0 Å². The Morgan fingerprint density at radius 2 is 2.11 bits per heavy atom. The van der Waals surface area contributed by atoms with Gasteiger partial charge in [0.25, 0.3) is 0 Å². The minimum atomic E-state index is -0.448. The number of likely N-dealkylation sites (N-methyl/N-ethyl adjacent to an activating group) is 1. The molecule has 0 fully saturated rings. The Bertz CT molecular complexity index is 332. The second-order valence-electron chi connectivity index (χ2n) is 5.71. The Hall–Kier alpha value is -0.420. The van der Waals surface area contributed by atoms with Crippen LogP contribution in [0.2, 0.25) is 0 Å². The number of ether oxygens (including phenoxy) is 1. The van der Waals surface area contributed by atoms with Crippen molar-refractivity contribution >= 4 is 11.3 Å². The van der Waals surface area contributed by atoms with E-state index in [9.17, 15) is 5.11 Å². The highest BCUT2D eigenvalue weighted by atomic mass is 32.1. The van der Waals surface area contributed by atoms with Crippen molar-refractivity contribution in [1.29, 1.82) is 0 Å². The summed E-state index contributed by atoms with van der Waals surface area (Å²) in [5.74, 6) is 0. The summed E-state index contributed by atoms with van der Waals surface area (Å²) in [4.78, 5) is 3.48. The van der Waals surface area contributed by atoms with Crippen molar-refractivity contribution in [2.75, 3.05) is 20.2 Å². The summed E-state index contributed by atoms with van der Waals surface area (Å²) in [5, 5.41) is 12.0. The van der Waals surface area contributed by atoms with E-state index in [0.29, 0.717) is 19.2 Å². The van der Waals surface area contributed by atoms with Crippen LogP contribution in [0.4, 0.5) is 0 Å². The van der Waals surface area contributed by atoms with Gasteiger partial charge in [0, 0.05) is 17.5 Å². The van der Waals surface area contributed by atoms with Gasteiger partial charge in [0.1, 0.15) is 0 Å². The van der Waals surface area contributed by atoms with E-state index in [1.165, 1.54) is 4.88 Å². The molecule has 0 saturated carbocycles. The summed E-state index contributed by atoms with van der Waals surface area (Å²) in [6.45, 7) is 9.15. The van der Waals surface area contributed by atoms with Crippen LogP contribution >= 0.6 is 11.3 Å². The highest BCUT2D eigenvalue weighted by molar-refractivity contribution is 7.10. The predicted octanol–water partition coefficient (Wildman–Crippen LogP) is 2.92. The van der Waals surface area contributed by atoms with Crippen LogP contribution in [0.15, 0.2) is 17.5 Å². The molecule has 18 heavy (non-hydrogen) atoms.